The molecule has 0 rings (SSSR count). The van der Waals surface area contributed by atoms with Crippen molar-refractivity contribution in [3.05, 3.63) is 0 Å². The number of rotatable bonds is 10. The monoisotopic (exact) mass is 500 g/mol. The van der Waals surface area contributed by atoms with Gasteiger partial charge in [0.1, 0.15) is 11.2 Å². The second-order valence-corrected chi connectivity index (χ2v) is 8.65. The van der Waals surface area contributed by atoms with Crippen LogP contribution in [0.5, 0.6) is 0 Å². The second-order valence-electron chi connectivity index (χ2n) is 5.80. The number of carboxylic acid groups (broad SMARTS) is 4. The number of carbonyl (C=O) groups is 4. The summed E-state index contributed by atoms with van der Waals surface area (Å²) in [4.78, 5) is 40.1. The van der Waals surface area contributed by atoms with Gasteiger partial charge in [0.05, 0.1) is 11.9 Å². The fraction of sp³-hybridized carbons (Fsp3) is 0.750. The van der Waals surface area contributed by atoms with Crippen LogP contribution in [0.4, 0.5) is 0 Å². The number of hydrogen-bond acceptors (Lipinski definition) is 10. The maximum atomic E-state index is 10.1. The molecule has 10 nitrogen and oxygen atoms in total. The molecule has 0 aromatic carbocycles. The molecule has 0 saturated carbocycles. The Morgan fingerprint density at radius 3 is 1.11 bits per heavy atom. The fourth-order valence-corrected chi connectivity index (χ4v) is 3.53. The summed E-state index contributed by atoms with van der Waals surface area (Å²) < 4.78 is 1.55. The minimum atomic E-state index is -2.29. The first-order valence-corrected chi connectivity index (χ1v) is 12.6. The Hall–Kier alpha value is -1.40. The Balaban J connectivity index is -0.000000344. The molecular formula is C16H28O10Sn. The van der Waals surface area contributed by atoms with E-state index in [4.69, 9.17) is 10.2 Å². The van der Waals surface area contributed by atoms with Gasteiger partial charge in [0.15, 0.2) is 0 Å². The topological polar surface area (TPSA) is 201 Å². The molecule has 11 heteroatoms. The molecule has 0 saturated heterocycles. The average molecular weight is 499 g/mol. The summed E-state index contributed by atoms with van der Waals surface area (Å²) in [7, 11) is 0. The van der Waals surface area contributed by atoms with E-state index in [-0.39, 0.29) is 12.8 Å². The van der Waals surface area contributed by atoms with Gasteiger partial charge < -0.3 is 49.8 Å². The Labute approximate surface area is 171 Å². The quantitative estimate of drug-likeness (QED) is 0.273. The van der Waals surface area contributed by atoms with E-state index >= 15 is 0 Å². The van der Waals surface area contributed by atoms with E-state index in [1.54, 1.807) is 4.44 Å². The standard InChI is InChI=1S/2C6H10O5.C4H9.Sn.3H/c2*1-2-6(11,5(9)10)3-4(7)8;1-3-4-2;;;;/h2*11H,2-3H2,1H3,(H,7,8)(H,9,10);1,3-4H2,2H3;;;;/q;;;+4;;;/p-4. The molecule has 0 aliphatic rings. The van der Waals surface area contributed by atoms with Gasteiger partial charge in [-0.25, -0.2) is 0 Å². The number of aliphatic carboxylic acids is 4. The first-order chi connectivity index (χ1) is 12.3. The molecular weight excluding hydrogens is 471 g/mol. The van der Waals surface area contributed by atoms with Crippen LogP contribution in [0.25, 0.3) is 0 Å². The van der Waals surface area contributed by atoms with Crippen LogP contribution in [0.3, 0.4) is 0 Å². The third-order valence-corrected chi connectivity index (χ3v) is 5.53. The van der Waals surface area contributed by atoms with Crippen molar-refractivity contribution in [2.75, 3.05) is 0 Å². The Kier molecular flexibility index (Phi) is 17.6. The summed E-state index contributed by atoms with van der Waals surface area (Å²) in [5, 5.41) is 58.1. The minimum absolute atomic E-state index is 0.219. The molecule has 0 amide bonds. The predicted octanol–water partition coefficient (Wildman–Crippen LogP) is -5.39. The molecule has 0 heterocycles. The van der Waals surface area contributed by atoms with Crippen LogP contribution in [-0.4, -0.2) is 67.8 Å². The van der Waals surface area contributed by atoms with Crippen LogP contribution in [0.1, 0.15) is 59.3 Å². The number of carbonyl (C=O) groups excluding carboxylic acids is 4. The van der Waals surface area contributed by atoms with Crippen LogP contribution in [0.2, 0.25) is 4.44 Å². The van der Waals surface area contributed by atoms with Gasteiger partial charge >= 0.3 is 46.7 Å². The number of aliphatic hydroxyl groups is 2. The van der Waals surface area contributed by atoms with E-state index in [0.29, 0.717) is 0 Å². The second kappa shape index (κ2) is 15.6. The van der Waals surface area contributed by atoms with Gasteiger partial charge in [-0.3, -0.25) is 0 Å². The molecule has 0 aliphatic heterocycles. The van der Waals surface area contributed by atoms with Crippen molar-refractivity contribution in [3.63, 3.8) is 0 Å². The summed E-state index contributed by atoms with van der Waals surface area (Å²) in [6.07, 6.45) is 0.563. The van der Waals surface area contributed by atoms with E-state index in [1.807, 2.05) is 0 Å². The van der Waals surface area contributed by atoms with E-state index in [1.165, 1.54) is 26.7 Å². The Bertz CT molecular complexity index is 440. The molecule has 0 fully saturated rings. The van der Waals surface area contributed by atoms with Crippen LogP contribution < -0.4 is 20.4 Å². The molecule has 27 heavy (non-hydrogen) atoms. The van der Waals surface area contributed by atoms with Crippen LogP contribution in [0, 0.1) is 0 Å². The summed E-state index contributed by atoms with van der Waals surface area (Å²) in [6, 6.07) is 0. The number of hydrogen-bond donors (Lipinski definition) is 2. The molecule has 0 aliphatic carbocycles. The maximum absolute atomic E-state index is 10.1. The fourth-order valence-electron chi connectivity index (χ4n) is 1.51. The van der Waals surface area contributed by atoms with E-state index < -0.39 is 47.9 Å². The zero-order valence-electron chi connectivity index (χ0n) is 16.1. The third-order valence-electron chi connectivity index (χ3n) is 3.51. The zero-order valence-corrected chi connectivity index (χ0v) is 21.8. The van der Waals surface area contributed by atoms with Crippen molar-refractivity contribution >= 4 is 46.4 Å². The Morgan fingerprint density at radius 2 is 1.07 bits per heavy atom. The summed E-state index contributed by atoms with van der Waals surface area (Å²) in [5.74, 6) is -6.80. The molecule has 2 unspecified atom stereocenters. The van der Waals surface area contributed by atoms with Crippen LogP contribution in [-0.2, 0) is 19.2 Å². The molecule has 4 radical (unpaired) electrons. The molecule has 0 spiro atoms. The van der Waals surface area contributed by atoms with Gasteiger partial charge in [-0.15, -0.1) is 0 Å². The molecule has 0 aromatic rings. The summed E-state index contributed by atoms with van der Waals surface area (Å²) in [5.41, 5.74) is -4.59. The van der Waals surface area contributed by atoms with E-state index in [9.17, 15) is 39.6 Å². The van der Waals surface area contributed by atoms with Gasteiger partial charge in [0.2, 0.25) is 0 Å². The van der Waals surface area contributed by atoms with Crippen molar-refractivity contribution in [2.45, 2.75) is 74.9 Å². The van der Waals surface area contributed by atoms with Crippen molar-refractivity contribution in [2.24, 2.45) is 0 Å². The molecule has 0 bridgehead atoms. The van der Waals surface area contributed by atoms with Gasteiger partial charge in [-0.1, -0.05) is 13.8 Å². The first-order valence-electron chi connectivity index (χ1n) is 8.53. The van der Waals surface area contributed by atoms with Crippen LogP contribution in [0.15, 0.2) is 0 Å². The first kappa shape index (κ1) is 30.3. The summed E-state index contributed by atoms with van der Waals surface area (Å²) >= 11 is 0.982. The van der Waals surface area contributed by atoms with Gasteiger partial charge in [-0.2, -0.15) is 0 Å². The molecule has 2 atom stereocenters. The Morgan fingerprint density at radius 1 is 0.778 bits per heavy atom. The van der Waals surface area contributed by atoms with Crippen LogP contribution >= 0.6 is 0 Å². The third kappa shape index (κ3) is 15.4. The predicted molar refractivity (Wildman–Crippen MR) is 89.4 cm³/mol. The van der Waals surface area contributed by atoms with Crippen molar-refractivity contribution in [1.29, 1.82) is 0 Å². The van der Waals surface area contributed by atoms with Crippen molar-refractivity contribution < 1.29 is 49.8 Å². The number of unbranched alkanes of at least 4 members (excludes halogenated alkanes) is 1. The van der Waals surface area contributed by atoms with E-state index in [0.717, 1.165) is 22.5 Å². The van der Waals surface area contributed by atoms with Gasteiger partial charge in [-0.05, 0) is 12.8 Å². The zero-order chi connectivity index (χ0) is 22.3. The molecule has 156 valence electrons. The van der Waals surface area contributed by atoms with Crippen molar-refractivity contribution in [1.82, 2.24) is 0 Å². The van der Waals surface area contributed by atoms with Gasteiger partial charge in [0, 0.05) is 24.8 Å². The normalized spacial score (nSPS) is 14.3. The van der Waals surface area contributed by atoms with E-state index in [2.05, 4.69) is 6.92 Å². The SMILES string of the molecule is CCC(O)(CC(=O)[O-])C(=O)[O-].CCC(O)(CC(=O)[O-])C(=O)[O-].CCC[CH2][SnH3+4]. The molecule has 0 aromatic heterocycles. The van der Waals surface area contributed by atoms with Crippen molar-refractivity contribution in [3.8, 4) is 0 Å². The average Bonchev–Trinajstić information content (AvgIpc) is 2.55. The molecule has 2 N–H and O–H groups in total. The van der Waals surface area contributed by atoms with Gasteiger partial charge in [0.25, 0.3) is 0 Å². The number of carboxylic acids is 4. The summed E-state index contributed by atoms with van der Waals surface area (Å²) in [6.45, 7) is 4.94.